The molecule has 0 aliphatic carbocycles. The monoisotopic (exact) mass is 172 g/mol. The van der Waals surface area contributed by atoms with Gasteiger partial charge in [0.05, 0.1) is 6.61 Å². The molecule has 0 aromatic heterocycles. The highest BCUT2D eigenvalue weighted by atomic mass is 16.5. The summed E-state index contributed by atoms with van der Waals surface area (Å²) in [4.78, 5) is 10.5. The predicted octanol–water partition coefficient (Wildman–Crippen LogP) is 2.33. The van der Waals surface area contributed by atoms with Gasteiger partial charge in [0.15, 0.2) is 0 Å². The standard InChI is InChI=1S/C9H18NO2/c1-3-4-5-6-7-8-12-9(11)10-2/h3-8H2,1-2H3. The Hall–Kier alpha value is -0.730. The van der Waals surface area contributed by atoms with Crippen LogP contribution < -0.4 is 5.32 Å². The van der Waals surface area contributed by atoms with Crippen molar-refractivity contribution >= 4 is 6.09 Å². The summed E-state index contributed by atoms with van der Waals surface area (Å²) < 4.78 is 4.77. The molecule has 0 heterocycles. The van der Waals surface area contributed by atoms with Gasteiger partial charge in [0, 0.05) is 7.05 Å². The van der Waals surface area contributed by atoms with Gasteiger partial charge in [-0.1, -0.05) is 32.6 Å². The molecule has 0 aromatic carbocycles. The van der Waals surface area contributed by atoms with E-state index in [1.807, 2.05) is 0 Å². The van der Waals surface area contributed by atoms with Crippen molar-refractivity contribution in [3.8, 4) is 0 Å². The van der Waals surface area contributed by atoms with Crippen LogP contribution in [0.25, 0.3) is 0 Å². The Labute approximate surface area is 74.5 Å². The van der Waals surface area contributed by atoms with Crippen LogP contribution in [0.3, 0.4) is 0 Å². The van der Waals surface area contributed by atoms with E-state index >= 15 is 0 Å². The van der Waals surface area contributed by atoms with E-state index in [-0.39, 0.29) is 0 Å². The van der Waals surface area contributed by atoms with E-state index in [9.17, 15) is 4.79 Å². The van der Waals surface area contributed by atoms with Gasteiger partial charge in [0.25, 0.3) is 0 Å². The van der Waals surface area contributed by atoms with E-state index in [2.05, 4.69) is 12.2 Å². The average molecular weight is 172 g/mol. The maximum Gasteiger partial charge on any atom is 0.428 e. The van der Waals surface area contributed by atoms with Crippen LogP contribution in [0.1, 0.15) is 39.0 Å². The SMILES string of the molecule is CCCCCCCOC(=O)[N]C. The van der Waals surface area contributed by atoms with Crippen molar-refractivity contribution in [2.24, 2.45) is 0 Å². The minimum atomic E-state index is -0.453. The smallest absolute Gasteiger partial charge is 0.428 e. The van der Waals surface area contributed by atoms with Crippen LogP contribution in [0, 0.1) is 0 Å². The fourth-order valence-electron chi connectivity index (χ4n) is 0.930. The molecule has 1 amide bonds. The maximum atomic E-state index is 10.5. The van der Waals surface area contributed by atoms with Crippen LogP contribution in [0.5, 0.6) is 0 Å². The zero-order valence-electron chi connectivity index (χ0n) is 8.01. The number of rotatable bonds is 6. The normalized spacial score (nSPS) is 9.50. The van der Waals surface area contributed by atoms with E-state index in [4.69, 9.17) is 4.74 Å². The first-order chi connectivity index (χ1) is 5.81. The van der Waals surface area contributed by atoms with Crippen molar-refractivity contribution in [3.63, 3.8) is 0 Å². The molecule has 0 spiro atoms. The van der Waals surface area contributed by atoms with Crippen molar-refractivity contribution in [2.75, 3.05) is 13.7 Å². The van der Waals surface area contributed by atoms with Crippen molar-refractivity contribution in [1.29, 1.82) is 0 Å². The van der Waals surface area contributed by atoms with Crippen LogP contribution in [0.4, 0.5) is 4.79 Å². The molecule has 12 heavy (non-hydrogen) atoms. The molecule has 0 saturated heterocycles. The number of hydrogen-bond donors (Lipinski definition) is 0. The molecular weight excluding hydrogens is 154 g/mol. The molecule has 3 heteroatoms. The lowest BCUT2D eigenvalue weighted by molar-refractivity contribution is 0.145. The zero-order chi connectivity index (χ0) is 9.23. The Morgan fingerprint density at radius 1 is 1.25 bits per heavy atom. The summed E-state index contributed by atoms with van der Waals surface area (Å²) in [6, 6.07) is 0. The van der Waals surface area contributed by atoms with Gasteiger partial charge in [-0.3, -0.25) is 0 Å². The highest BCUT2D eigenvalue weighted by molar-refractivity contribution is 5.66. The van der Waals surface area contributed by atoms with Crippen LogP contribution in [0.15, 0.2) is 0 Å². The van der Waals surface area contributed by atoms with Crippen molar-refractivity contribution in [3.05, 3.63) is 0 Å². The van der Waals surface area contributed by atoms with E-state index in [0.29, 0.717) is 6.61 Å². The molecule has 0 aliphatic heterocycles. The molecule has 0 unspecified atom stereocenters. The quantitative estimate of drug-likeness (QED) is 0.577. The Balaban J connectivity index is 2.95. The molecule has 0 aliphatic rings. The first-order valence-electron chi connectivity index (χ1n) is 4.57. The van der Waals surface area contributed by atoms with Gasteiger partial charge >= 0.3 is 6.09 Å². The molecular formula is C9H18NO2. The van der Waals surface area contributed by atoms with Gasteiger partial charge < -0.3 is 4.74 Å². The number of amides is 1. The number of ether oxygens (including phenoxy) is 1. The summed E-state index contributed by atoms with van der Waals surface area (Å²) in [7, 11) is 1.44. The van der Waals surface area contributed by atoms with Gasteiger partial charge in [0.1, 0.15) is 0 Å². The number of carbonyl (C=O) groups excluding carboxylic acids is 1. The van der Waals surface area contributed by atoms with Crippen molar-refractivity contribution in [1.82, 2.24) is 5.32 Å². The first-order valence-corrected chi connectivity index (χ1v) is 4.57. The Kier molecular flexibility index (Phi) is 7.86. The number of unbranched alkanes of at least 4 members (excludes halogenated alkanes) is 4. The van der Waals surface area contributed by atoms with Crippen molar-refractivity contribution < 1.29 is 9.53 Å². The summed E-state index contributed by atoms with van der Waals surface area (Å²) >= 11 is 0. The second-order valence-electron chi connectivity index (χ2n) is 2.75. The molecule has 0 bridgehead atoms. The number of carbonyl (C=O) groups is 1. The third kappa shape index (κ3) is 7.38. The highest BCUT2D eigenvalue weighted by Crippen LogP contribution is 2.02. The fraction of sp³-hybridized carbons (Fsp3) is 0.889. The zero-order valence-corrected chi connectivity index (χ0v) is 8.01. The Bertz CT molecular complexity index is 115. The molecule has 1 radical (unpaired) electrons. The largest absolute Gasteiger partial charge is 0.448 e. The predicted molar refractivity (Wildman–Crippen MR) is 48.2 cm³/mol. The minimum absolute atomic E-state index is 0.453. The fourth-order valence-corrected chi connectivity index (χ4v) is 0.930. The van der Waals surface area contributed by atoms with Crippen LogP contribution in [0.2, 0.25) is 0 Å². The Morgan fingerprint density at radius 3 is 2.50 bits per heavy atom. The molecule has 0 rings (SSSR count). The van der Waals surface area contributed by atoms with Gasteiger partial charge in [-0.2, -0.15) is 0 Å². The maximum absolute atomic E-state index is 10.5. The summed E-state index contributed by atoms with van der Waals surface area (Å²) in [6.45, 7) is 2.69. The van der Waals surface area contributed by atoms with E-state index in [0.717, 1.165) is 12.8 Å². The van der Waals surface area contributed by atoms with Crippen LogP contribution in [-0.2, 0) is 4.74 Å². The second kappa shape index (κ2) is 8.37. The summed E-state index contributed by atoms with van der Waals surface area (Å²) in [5.41, 5.74) is 0. The molecule has 0 aromatic rings. The van der Waals surface area contributed by atoms with E-state index in [1.165, 1.54) is 26.3 Å². The van der Waals surface area contributed by atoms with Crippen LogP contribution >= 0.6 is 0 Å². The molecule has 0 atom stereocenters. The second-order valence-corrected chi connectivity index (χ2v) is 2.75. The molecule has 71 valence electrons. The summed E-state index contributed by atoms with van der Waals surface area (Å²) in [5.74, 6) is 0. The van der Waals surface area contributed by atoms with E-state index in [1.54, 1.807) is 0 Å². The summed E-state index contributed by atoms with van der Waals surface area (Å²) in [6.07, 6.45) is 5.39. The highest BCUT2D eigenvalue weighted by Gasteiger charge is 1.97. The third-order valence-electron chi connectivity index (χ3n) is 1.66. The van der Waals surface area contributed by atoms with Gasteiger partial charge in [-0.25, -0.2) is 10.1 Å². The van der Waals surface area contributed by atoms with Gasteiger partial charge in [-0.15, -0.1) is 0 Å². The lowest BCUT2D eigenvalue weighted by atomic mass is 10.2. The first kappa shape index (κ1) is 11.3. The van der Waals surface area contributed by atoms with E-state index < -0.39 is 6.09 Å². The number of hydrogen-bond acceptors (Lipinski definition) is 2. The molecule has 0 N–H and O–H groups in total. The summed E-state index contributed by atoms with van der Waals surface area (Å²) in [5, 5.41) is 3.36. The topological polar surface area (TPSA) is 40.4 Å². The molecule has 0 fully saturated rings. The lowest BCUT2D eigenvalue weighted by Crippen LogP contribution is -2.13. The van der Waals surface area contributed by atoms with Gasteiger partial charge in [-0.05, 0) is 6.42 Å². The number of nitrogens with zero attached hydrogens (tertiary/aromatic N) is 1. The van der Waals surface area contributed by atoms with Crippen LogP contribution in [-0.4, -0.2) is 19.7 Å². The molecule has 0 saturated carbocycles. The average Bonchev–Trinajstić information content (AvgIpc) is 2.10. The lowest BCUT2D eigenvalue weighted by Gasteiger charge is -2.01. The minimum Gasteiger partial charge on any atom is -0.448 e. The van der Waals surface area contributed by atoms with Gasteiger partial charge in [0.2, 0.25) is 0 Å². The third-order valence-corrected chi connectivity index (χ3v) is 1.66. The Morgan fingerprint density at radius 2 is 1.92 bits per heavy atom. The van der Waals surface area contributed by atoms with Crippen molar-refractivity contribution in [2.45, 2.75) is 39.0 Å². The molecule has 3 nitrogen and oxygen atoms in total.